The van der Waals surface area contributed by atoms with Gasteiger partial charge >= 0.3 is 5.97 Å². The molecule has 0 spiro atoms. The second-order valence-electron chi connectivity index (χ2n) is 16.1. The third-order valence-corrected chi connectivity index (χ3v) is 11.3. The number of carboxylic acid groups (broad SMARTS) is 1. The average Bonchev–Trinajstić information content (AvgIpc) is 3.62. The number of hydrogen-bond donors (Lipinski definition) is 3. The molecule has 2 heterocycles. The van der Waals surface area contributed by atoms with Crippen LogP contribution in [0.2, 0.25) is 0 Å². The Labute approximate surface area is 322 Å². The van der Waals surface area contributed by atoms with Crippen molar-refractivity contribution in [2.75, 3.05) is 33.1 Å². The van der Waals surface area contributed by atoms with Crippen molar-refractivity contribution in [3.63, 3.8) is 0 Å². The molecule has 0 saturated carbocycles. The third kappa shape index (κ3) is 10.3. The lowest BCUT2D eigenvalue weighted by Gasteiger charge is -2.43. The van der Waals surface area contributed by atoms with Crippen LogP contribution in [0, 0.1) is 23.2 Å². The predicted molar refractivity (Wildman–Crippen MR) is 209 cm³/mol. The van der Waals surface area contributed by atoms with Crippen molar-refractivity contribution < 1.29 is 33.8 Å². The number of aromatic nitrogens is 2. The van der Waals surface area contributed by atoms with E-state index >= 15 is 0 Å². The van der Waals surface area contributed by atoms with Gasteiger partial charge in [0.1, 0.15) is 11.6 Å². The maximum Gasteiger partial charge on any atom is 0.330 e. The van der Waals surface area contributed by atoms with Crippen LogP contribution in [-0.4, -0.2) is 112 Å². The summed E-state index contributed by atoms with van der Waals surface area (Å²) in [6, 6.07) is 9.51. The van der Waals surface area contributed by atoms with E-state index < -0.39 is 59.1 Å². The van der Waals surface area contributed by atoms with Crippen LogP contribution >= 0.6 is 0 Å². The van der Waals surface area contributed by atoms with Gasteiger partial charge in [-0.1, -0.05) is 92.1 Å². The highest BCUT2D eigenvalue weighted by atomic mass is 16.5. The van der Waals surface area contributed by atoms with Crippen LogP contribution in [0.5, 0.6) is 0 Å². The summed E-state index contributed by atoms with van der Waals surface area (Å²) in [6.07, 6.45) is 4.10. The van der Waals surface area contributed by atoms with Gasteiger partial charge < -0.3 is 35.0 Å². The number of amides is 3. The molecule has 1 fully saturated rings. The molecular weight excluding hydrogens is 688 g/mol. The molecule has 0 radical (unpaired) electrons. The number of methoxy groups -OCH3 is 2. The number of benzene rings is 1. The first-order valence-electron chi connectivity index (χ1n) is 19.2. The van der Waals surface area contributed by atoms with Crippen molar-refractivity contribution in [2.45, 2.75) is 123 Å². The van der Waals surface area contributed by atoms with Crippen molar-refractivity contribution in [2.24, 2.45) is 23.2 Å². The van der Waals surface area contributed by atoms with Gasteiger partial charge in [-0.15, -0.1) is 0 Å². The van der Waals surface area contributed by atoms with Gasteiger partial charge in [0.25, 0.3) is 0 Å². The van der Waals surface area contributed by atoms with E-state index in [2.05, 4.69) is 27.5 Å². The zero-order valence-corrected chi connectivity index (χ0v) is 34.2. The molecule has 300 valence electrons. The summed E-state index contributed by atoms with van der Waals surface area (Å²) in [4.78, 5) is 67.4. The van der Waals surface area contributed by atoms with E-state index in [0.717, 1.165) is 12.0 Å². The highest BCUT2D eigenvalue weighted by Gasteiger charge is 2.52. The monoisotopic (exact) mass is 752 g/mol. The van der Waals surface area contributed by atoms with Crippen molar-refractivity contribution >= 4 is 29.6 Å². The molecule has 0 unspecified atom stereocenters. The second-order valence-corrected chi connectivity index (χ2v) is 16.1. The summed E-state index contributed by atoms with van der Waals surface area (Å²) in [6.45, 7) is 15.6. The molecule has 1 aliphatic heterocycles. The molecule has 1 aromatic carbocycles. The number of anilines is 1. The van der Waals surface area contributed by atoms with Gasteiger partial charge in [-0.2, -0.15) is 0 Å². The number of hydrogen-bond acceptors (Lipinski definition) is 9. The van der Waals surface area contributed by atoms with E-state index in [0.29, 0.717) is 25.3 Å². The van der Waals surface area contributed by atoms with Gasteiger partial charge in [0.05, 0.1) is 36.6 Å². The number of likely N-dealkylation sites (tertiary alicyclic amines) is 1. The number of nitrogens with one attached hydrogen (secondary N) is 2. The van der Waals surface area contributed by atoms with E-state index in [1.807, 2.05) is 51.1 Å². The number of ether oxygens (including phenoxy) is 2. The summed E-state index contributed by atoms with van der Waals surface area (Å²) < 4.78 is 12.0. The van der Waals surface area contributed by atoms with Crippen LogP contribution in [0.3, 0.4) is 0 Å². The number of carboxylic acids is 1. The van der Waals surface area contributed by atoms with Crippen molar-refractivity contribution in [1.29, 1.82) is 0 Å². The van der Waals surface area contributed by atoms with Gasteiger partial charge in [0.2, 0.25) is 23.7 Å². The number of likely N-dealkylation sites (N-methyl/N-ethyl adjacent to an activating group) is 1. The quantitative estimate of drug-likeness (QED) is 0.177. The average molecular weight is 753 g/mol. The lowest BCUT2D eigenvalue weighted by atomic mass is 9.69. The molecule has 8 atom stereocenters. The third-order valence-electron chi connectivity index (χ3n) is 11.3. The summed E-state index contributed by atoms with van der Waals surface area (Å²) in [5, 5.41) is 16.8. The van der Waals surface area contributed by atoms with Crippen LogP contribution in [0.4, 0.5) is 5.95 Å². The molecule has 3 N–H and O–H groups in total. The van der Waals surface area contributed by atoms with Crippen molar-refractivity contribution in [3.05, 3.63) is 54.4 Å². The van der Waals surface area contributed by atoms with Crippen LogP contribution < -0.4 is 10.6 Å². The molecule has 13 nitrogen and oxygen atoms in total. The van der Waals surface area contributed by atoms with Crippen LogP contribution in [0.1, 0.15) is 86.6 Å². The number of nitrogens with zero attached hydrogens (tertiary/aromatic N) is 4. The number of carbonyl (C=O) groups is 4. The molecule has 1 aromatic heterocycles. The zero-order valence-electron chi connectivity index (χ0n) is 34.2. The Bertz CT molecular complexity index is 1520. The Hall–Kier alpha value is -4.10. The number of rotatable bonds is 19. The van der Waals surface area contributed by atoms with E-state index in [1.165, 1.54) is 7.11 Å². The predicted octanol–water partition coefficient (Wildman–Crippen LogP) is 5.06. The minimum atomic E-state index is -1.61. The van der Waals surface area contributed by atoms with Gasteiger partial charge in [-0.05, 0) is 41.7 Å². The molecule has 0 aliphatic carbocycles. The molecule has 3 amide bonds. The zero-order chi connectivity index (χ0) is 40.4. The lowest BCUT2D eigenvalue weighted by Crippen LogP contribution is -2.65. The molecular formula is C41H64N6O7. The fourth-order valence-electron chi connectivity index (χ4n) is 7.72. The smallest absolute Gasteiger partial charge is 0.330 e. The van der Waals surface area contributed by atoms with E-state index in [4.69, 9.17) is 9.47 Å². The fraction of sp³-hybridized carbons (Fsp3) is 0.659. The Kier molecular flexibility index (Phi) is 16.0. The van der Waals surface area contributed by atoms with E-state index in [1.54, 1.807) is 70.1 Å². The molecule has 1 aliphatic rings. The minimum Gasteiger partial charge on any atom is -0.479 e. The number of carbonyl (C=O) groups excluding carboxylic acids is 3. The molecule has 1 saturated heterocycles. The van der Waals surface area contributed by atoms with Gasteiger partial charge in [-0.3, -0.25) is 14.4 Å². The maximum absolute atomic E-state index is 14.3. The lowest BCUT2D eigenvalue weighted by molar-refractivity contribution is -0.155. The molecule has 13 heteroatoms. The Morgan fingerprint density at radius 1 is 1.00 bits per heavy atom. The largest absolute Gasteiger partial charge is 0.479 e. The van der Waals surface area contributed by atoms with Gasteiger partial charge in [-0.25, -0.2) is 14.8 Å². The van der Waals surface area contributed by atoms with E-state index in [9.17, 15) is 24.3 Å². The molecule has 3 rings (SSSR count). The molecule has 2 aromatic rings. The van der Waals surface area contributed by atoms with Crippen molar-refractivity contribution in [1.82, 2.24) is 25.1 Å². The minimum absolute atomic E-state index is 0.00416. The first-order chi connectivity index (χ1) is 25.4. The standard InChI is InChI=1S/C41H64N6O7/c1-12-27(4)34(46(9)37(50)33(26(2)3)44-39-42-21-17-22-43-39)31(53-10)24-32(48)47-23-16-20-30(47)35(54-11)28(5)36(49)45-41(38(51)52,40(6,7)8)25-29-18-14-13-15-19-29/h13-15,17-19,21-22,26-28,30-31,33-35H,12,16,20,23-25H2,1-11H3,(H,45,49)(H,51,52)(H,42,43,44)/t27-,28+,30-,31+,33-,34-,35+,41+/m0/s1. The molecule has 0 bridgehead atoms. The topological polar surface area (TPSA) is 163 Å². The van der Waals surface area contributed by atoms with E-state index in [-0.39, 0.29) is 36.5 Å². The number of aliphatic carboxylic acids is 1. The molecule has 54 heavy (non-hydrogen) atoms. The first-order valence-corrected chi connectivity index (χ1v) is 19.2. The maximum atomic E-state index is 14.3. The van der Waals surface area contributed by atoms with Crippen LogP contribution in [0.15, 0.2) is 48.8 Å². The second kappa shape index (κ2) is 19.5. The first kappa shape index (κ1) is 44.3. The highest BCUT2D eigenvalue weighted by molar-refractivity contribution is 5.89. The summed E-state index contributed by atoms with van der Waals surface area (Å²) in [5.74, 6) is -2.42. The van der Waals surface area contributed by atoms with Crippen LogP contribution in [0.25, 0.3) is 0 Å². The van der Waals surface area contributed by atoms with Gasteiger partial charge in [0.15, 0.2) is 0 Å². The van der Waals surface area contributed by atoms with Gasteiger partial charge in [0, 0.05) is 46.6 Å². The SMILES string of the molecule is CC[C@H](C)[C@@H]([C@@H](CC(=O)N1CCC[C@H]1[C@H](OC)[C@@H](C)C(=O)N[C@](Cc1ccccc1)(C(=O)O)C(C)(C)C)OC)N(C)C(=O)[C@@H](Nc1ncccn1)C(C)C. The summed E-state index contributed by atoms with van der Waals surface area (Å²) in [7, 11) is 4.84. The fourth-order valence-corrected chi connectivity index (χ4v) is 7.72. The van der Waals surface area contributed by atoms with Crippen LogP contribution in [-0.2, 0) is 35.1 Å². The highest BCUT2D eigenvalue weighted by Crippen LogP contribution is 2.36. The normalized spacial score (nSPS) is 19.2. The van der Waals surface area contributed by atoms with Crippen molar-refractivity contribution in [3.8, 4) is 0 Å². The summed E-state index contributed by atoms with van der Waals surface area (Å²) in [5.41, 5.74) is -1.67. The summed E-state index contributed by atoms with van der Waals surface area (Å²) >= 11 is 0. The Morgan fingerprint density at radius 2 is 1.63 bits per heavy atom. The Balaban J connectivity index is 1.84. The Morgan fingerprint density at radius 3 is 2.15 bits per heavy atom.